The maximum Gasteiger partial charge on any atom is 0.246 e. The normalized spacial score (nSPS) is 19.7. The van der Waals surface area contributed by atoms with Crippen LogP contribution in [0.4, 0.5) is 0 Å². The molecule has 1 aromatic rings. The molecule has 1 amide bonds. The maximum absolute atomic E-state index is 11.9. The van der Waals surface area contributed by atoms with E-state index in [1.54, 1.807) is 6.08 Å². The van der Waals surface area contributed by atoms with Crippen LogP contribution in [-0.2, 0) is 4.79 Å². The van der Waals surface area contributed by atoms with E-state index in [9.17, 15) is 4.79 Å². The van der Waals surface area contributed by atoms with Crippen molar-refractivity contribution in [3.63, 3.8) is 0 Å². The topological polar surface area (TPSA) is 46.3 Å². The van der Waals surface area contributed by atoms with Crippen molar-refractivity contribution in [3.05, 3.63) is 40.9 Å². The third kappa shape index (κ3) is 3.34. The first-order chi connectivity index (χ1) is 8.69. The van der Waals surface area contributed by atoms with E-state index in [4.69, 9.17) is 17.3 Å². The van der Waals surface area contributed by atoms with Crippen molar-refractivity contribution in [2.45, 2.75) is 6.42 Å². The standard InChI is InChI=1S/C14H17ClN2O/c15-13-4-1-11(2-5-13)3-6-14(18)17-8-7-12(9-16)10-17/h1-6,12H,7-10,16H2/b6-3-/t12-/m0/s1. The highest BCUT2D eigenvalue weighted by Gasteiger charge is 2.23. The second-order valence-corrected chi connectivity index (χ2v) is 5.00. The summed E-state index contributed by atoms with van der Waals surface area (Å²) in [6.07, 6.45) is 4.44. The van der Waals surface area contributed by atoms with Crippen LogP contribution in [0.2, 0.25) is 5.02 Å². The van der Waals surface area contributed by atoms with Gasteiger partial charge in [0.2, 0.25) is 5.91 Å². The van der Waals surface area contributed by atoms with Crippen molar-refractivity contribution in [1.29, 1.82) is 0 Å². The van der Waals surface area contributed by atoms with Gasteiger partial charge in [-0.2, -0.15) is 0 Å². The highest BCUT2D eigenvalue weighted by atomic mass is 35.5. The van der Waals surface area contributed by atoms with Crippen LogP contribution in [0, 0.1) is 5.92 Å². The minimum absolute atomic E-state index is 0.0564. The van der Waals surface area contributed by atoms with Gasteiger partial charge in [0.1, 0.15) is 0 Å². The summed E-state index contributed by atoms with van der Waals surface area (Å²) in [5.74, 6) is 0.513. The van der Waals surface area contributed by atoms with Gasteiger partial charge in [0.05, 0.1) is 0 Å². The van der Waals surface area contributed by atoms with Gasteiger partial charge >= 0.3 is 0 Å². The number of hydrogen-bond acceptors (Lipinski definition) is 2. The molecule has 2 rings (SSSR count). The zero-order valence-corrected chi connectivity index (χ0v) is 10.9. The minimum Gasteiger partial charge on any atom is -0.339 e. The van der Waals surface area contributed by atoms with Crippen LogP contribution in [-0.4, -0.2) is 30.4 Å². The van der Waals surface area contributed by atoms with Crippen molar-refractivity contribution < 1.29 is 4.79 Å². The molecule has 3 nitrogen and oxygen atoms in total. The van der Waals surface area contributed by atoms with Crippen molar-refractivity contribution in [2.24, 2.45) is 11.7 Å². The van der Waals surface area contributed by atoms with Gasteiger partial charge in [0.25, 0.3) is 0 Å². The van der Waals surface area contributed by atoms with Gasteiger partial charge in [-0.1, -0.05) is 23.7 Å². The summed E-state index contributed by atoms with van der Waals surface area (Å²) < 4.78 is 0. The first-order valence-electron chi connectivity index (χ1n) is 6.11. The smallest absolute Gasteiger partial charge is 0.246 e. The SMILES string of the molecule is NC[C@@H]1CCN(C(=O)/C=C\c2ccc(Cl)cc2)C1. The molecule has 0 aromatic heterocycles. The van der Waals surface area contributed by atoms with Crippen LogP contribution < -0.4 is 5.73 Å². The Hall–Kier alpha value is -1.32. The third-order valence-corrected chi connectivity index (χ3v) is 3.47. The fourth-order valence-electron chi connectivity index (χ4n) is 2.07. The Bertz CT molecular complexity index is 442. The zero-order valence-electron chi connectivity index (χ0n) is 10.2. The number of likely N-dealkylation sites (tertiary alicyclic amines) is 1. The second kappa shape index (κ2) is 6.03. The van der Waals surface area contributed by atoms with Gasteiger partial charge < -0.3 is 10.6 Å². The molecule has 0 saturated carbocycles. The van der Waals surface area contributed by atoms with E-state index in [0.717, 1.165) is 25.1 Å². The van der Waals surface area contributed by atoms with Gasteiger partial charge in [-0.15, -0.1) is 0 Å². The molecule has 1 saturated heterocycles. The van der Waals surface area contributed by atoms with Gasteiger partial charge in [-0.25, -0.2) is 0 Å². The number of benzene rings is 1. The number of carbonyl (C=O) groups excluding carboxylic acids is 1. The molecule has 0 spiro atoms. The predicted molar refractivity (Wildman–Crippen MR) is 74.2 cm³/mol. The first-order valence-corrected chi connectivity index (χ1v) is 6.49. The van der Waals surface area contributed by atoms with Gasteiger partial charge in [0, 0.05) is 24.2 Å². The molecule has 18 heavy (non-hydrogen) atoms. The Labute approximate surface area is 112 Å². The molecule has 1 atom stereocenters. The molecular weight excluding hydrogens is 248 g/mol. The molecule has 1 heterocycles. The van der Waals surface area contributed by atoms with Crippen LogP contribution in [0.3, 0.4) is 0 Å². The monoisotopic (exact) mass is 264 g/mol. The summed E-state index contributed by atoms with van der Waals surface area (Å²) in [6, 6.07) is 7.40. The number of rotatable bonds is 3. The molecule has 1 aliphatic heterocycles. The van der Waals surface area contributed by atoms with Crippen molar-refractivity contribution in [3.8, 4) is 0 Å². The van der Waals surface area contributed by atoms with Crippen LogP contribution in [0.5, 0.6) is 0 Å². The lowest BCUT2D eigenvalue weighted by Gasteiger charge is -2.13. The molecule has 0 radical (unpaired) electrons. The molecule has 1 fully saturated rings. The van der Waals surface area contributed by atoms with E-state index in [1.807, 2.05) is 35.2 Å². The third-order valence-electron chi connectivity index (χ3n) is 3.22. The highest BCUT2D eigenvalue weighted by molar-refractivity contribution is 6.30. The lowest BCUT2D eigenvalue weighted by Crippen LogP contribution is -2.28. The summed E-state index contributed by atoms with van der Waals surface area (Å²) in [5.41, 5.74) is 6.58. The fourth-order valence-corrected chi connectivity index (χ4v) is 2.20. The predicted octanol–water partition coefficient (Wildman–Crippen LogP) is 2.16. The molecule has 1 aromatic carbocycles. The molecule has 0 bridgehead atoms. The number of carbonyl (C=O) groups is 1. The Kier molecular flexibility index (Phi) is 4.39. The average molecular weight is 265 g/mol. The number of nitrogens with zero attached hydrogens (tertiary/aromatic N) is 1. The second-order valence-electron chi connectivity index (χ2n) is 4.56. The fraction of sp³-hybridized carbons (Fsp3) is 0.357. The van der Waals surface area contributed by atoms with Crippen molar-refractivity contribution in [1.82, 2.24) is 4.90 Å². The van der Waals surface area contributed by atoms with Crippen LogP contribution in [0.25, 0.3) is 6.08 Å². The van der Waals surface area contributed by atoms with E-state index in [0.29, 0.717) is 17.5 Å². The summed E-state index contributed by atoms with van der Waals surface area (Å²) in [4.78, 5) is 13.8. The molecule has 1 aliphatic rings. The van der Waals surface area contributed by atoms with E-state index in [-0.39, 0.29) is 5.91 Å². The van der Waals surface area contributed by atoms with Crippen LogP contribution in [0.15, 0.2) is 30.3 Å². The molecule has 96 valence electrons. The Balaban J connectivity index is 1.93. The lowest BCUT2D eigenvalue weighted by atomic mass is 10.1. The highest BCUT2D eigenvalue weighted by Crippen LogP contribution is 2.16. The van der Waals surface area contributed by atoms with E-state index in [1.165, 1.54) is 0 Å². The molecule has 0 aliphatic carbocycles. The van der Waals surface area contributed by atoms with Crippen LogP contribution in [0.1, 0.15) is 12.0 Å². The lowest BCUT2D eigenvalue weighted by molar-refractivity contribution is -0.125. The van der Waals surface area contributed by atoms with Gasteiger partial charge in [0.15, 0.2) is 0 Å². The Morgan fingerprint density at radius 1 is 1.44 bits per heavy atom. The first kappa shape index (κ1) is 13.1. The average Bonchev–Trinajstić information content (AvgIpc) is 2.86. The van der Waals surface area contributed by atoms with E-state index < -0.39 is 0 Å². The van der Waals surface area contributed by atoms with Crippen molar-refractivity contribution >= 4 is 23.6 Å². The quantitative estimate of drug-likeness (QED) is 0.851. The largest absolute Gasteiger partial charge is 0.339 e. The molecule has 4 heteroatoms. The van der Waals surface area contributed by atoms with Crippen molar-refractivity contribution in [2.75, 3.05) is 19.6 Å². The molecular formula is C14H17ClN2O. The molecule has 2 N–H and O–H groups in total. The maximum atomic E-state index is 11.9. The Morgan fingerprint density at radius 2 is 2.17 bits per heavy atom. The van der Waals surface area contributed by atoms with E-state index >= 15 is 0 Å². The van der Waals surface area contributed by atoms with E-state index in [2.05, 4.69) is 0 Å². The van der Waals surface area contributed by atoms with Gasteiger partial charge in [-0.05, 0) is 42.7 Å². The number of amides is 1. The summed E-state index contributed by atoms with van der Waals surface area (Å²) >= 11 is 5.80. The summed E-state index contributed by atoms with van der Waals surface area (Å²) in [6.45, 7) is 2.25. The number of nitrogens with two attached hydrogens (primary N) is 1. The molecule has 0 unspecified atom stereocenters. The van der Waals surface area contributed by atoms with Gasteiger partial charge in [-0.3, -0.25) is 4.79 Å². The summed E-state index contributed by atoms with van der Waals surface area (Å²) in [7, 11) is 0. The number of hydrogen-bond donors (Lipinski definition) is 1. The minimum atomic E-state index is 0.0564. The Morgan fingerprint density at radius 3 is 2.78 bits per heavy atom. The number of halogens is 1. The van der Waals surface area contributed by atoms with Crippen LogP contribution >= 0.6 is 11.6 Å². The zero-order chi connectivity index (χ0) is 13.0. The summed E-state index contributed by atoms with van der Waals surface area (Å²) in [5, 5.41) is 0.698.